The van der Waals surface area contributed by atoms with Crippen LogP contribution in [0.5, 0.6) is 0 Å². The van der Waals surface area contributed by atoms with Crippen LogP contribution in [0.15, 0.2) is 361 Å². The zero-order chi connectivity index (χ0) is 66.0. The van der Waals surface area contributed by atoms with Crippen molar-refractivity contribution in [2.75, 3.05) is 0 Å². The Labute approximate surface area is 575 Å². The van der Waals surface area contributed by atoms with Crippen molar-refractivity contribution in [1.82, 2.24) is 29.1 Å². The SMILES string of the molecule is c1ccc(-c2ccc(-c3nc(-c4ccccc4)nc4c3oc3ccc(-c5cccc(-n6c7ccccc7c7ccccc76)c5)cc34)cc2)cc1.c1ccc(-c2ccc3c(c2)c2ccccc2n3-c2cccc(-c3ccc4oc5c(-c6ccccc6)nc(-c6ccccc6)nc5c4c3)c2)cc1. The molecule has 0 aliphatic carbocycles. The van der Waals surface area contributed by atoms with Crippen LogP contribution in [0.4, 0.5) is 0 Å². The van der Waals surface area contributed by atoms with Gasteiger partial charge in [0.2, 0.25) is 0 Å². The van der Waals surface area contributed by atoms with Crippen molar-refractivity contribution < 1.29 is 8.83 Å². The van der Waals surface area contributed by atoms with E-state index in [0.29, 0.717) is 22.8 Å². The van der Waals surface area contributed by atoms with E-state index in [1.54, 1.807) is 0 Å². The summed E-state index contributed by atoms with van der Waals surface area (Å²) in [5, 5.41) is 6.90. The van der Waals surface area contributed by atoms with Crippen LogP contribution < -0.4 is 0 Å². The predicted molar refractivity (Wildman–Crippen MR) is 411 cm³/mol. The molecule has 0 bridgehead atoms. The van der Waals surface area contributed by atoms with E-state index in [1.807, 2.05) is 72.8 Å². The molecule has 468 valence electrons. The van der Waals surface area contributed by atoms with Crippen LogP contribution in [0.25, 0.3) is 189 Å². The lowest BCUT2D eigenvalue weighted by Crippen LogP contribution is -1.94. The molecule has 6 heterocycles. The van der Waals surface area contributed by atoms with Gasteiger partial charge in [-0.05, 0) is 123 Å². The first-order chi connectivity index (χ1) is 49.6. The van der Waals surface area contributed by atoms with Crippen molar-refractivity contribution in [3.8, 4) is 101 Å². The van der Waals surface area contributed by atoms with Gasteiger partial charge >= 0.3 is 0 Å². The molecule has 8 nitrogen and oxygen atoms in total. The number of para-hydroxylation sites is 3. The van der Waals surface area contributed by atoms with Crippen LogP contribution in [-0.4, -0.2) is 29.1 Å². The van der Waals surface area contributed by atoms with Crippen LogP contribution in [0, 0.1) is 0 Å². The third-order valence-corrected chi connectivity index (χ3v) is 19.2. The van der Waals surface area contributed by atoms with E-state index < -0.39 is 0 Å². The molecular formula is C92H58N6O2. The molecule has 100 heavy (non-hydrogen) atoms. The van der Waals surface area contributed by atoms with Gasteiger partial charge in [-0.2, -0.15) is 0 Å². The highest BCUT2D eigenvalue weighted by atomic mass is 16.3. The minimum Gasteiger partial charge on any atom is -0.452 e. The Morgan fingerprint density at radius 3 is 0.960 bits per heavy atom. The van der Waals surface area contributed by atoms with E-state index in [1.165, 1.54) is 60.3 Å². The summed E-state index contributed by atoms with van der Waals surface area (Å²) in [6.07, 6.45) is 0. The summed E-state index contributed by atoms with van der Waals surface area (Å²) in [5.74, 6) is 1.34. The second kappa shape index (κ2) is 24.3. The molecule has 0 saturated carbocycles. The van der Waals surface area contributed by atoms with Crippen molar-refractivity contribution in [2.24, 2.45) is 0 Å². The average Bonchev–Trinajstić information content (AvgIpc) is 1.60. The third kappa shape index (κ3) is 10.2. The highest BCUT2D eigenvalue weighted by Gasteiger charge is 2.23. The van der Waals surface area contributed by atoms with E-state index >= 15 is 0 Å². The highest BCUT2D eigenvalue weighted by Crippen LogP contribution is 2.43. The zero-order valence-electron chi connectivity index (χ0n) is 54.0. The fourth-order valence-corrected chi connectivity index (χ4v) is 14.4. The minimum atomic E-state index is 0.668. The van der Waals surface area contributed by atoms with Crippen molar-refractivity contribution >= 4 is 87.7 Å². The molecule has 0 atom stereocenters. The molecule has 0 aliphatic rings. The molecule has 6 aromatic heterocycles. The fraction of sp³-hybridized carbons (Fsp3) is 0. The number of benzene rings is 14. The molecule has 0 unspecified atom stereocenters. The standard InChI is InChI=1S/2C46H29N3O/c1-4-13-30(14-5-1)34-23-25-41-38(28-34)37-21-10-11-22-40(37)49(41)36-20-12-19-33(27-36)35-24-26-42-39(29-35)44-45(50-42)43(31-15-6-2-7-16-31)47-46(48-44)32-17-8-3-9-18-32;1-3-12-30(13-4-1)31-22-24-32(25-23-31)43-45-44(48-46(47-43)33-14-5-2-6-15-33)39-29-35(26-27-42(39)50-45)34-16-11-17-36(28-34)49-40-20-9-7-18-37(40)38-19-8-10-21-41(38)49/h2*1-29H. The maximum absolute atomic E-state index is 6.58. The Kier molecular flexibility index (Phi) is 14.0. The Balaban J connectivity index is 0.000000139. The largest absolute Gasteiger partial charge is 0.452 e. The Bertz CT molecular complexity index is 6440. The first-order valence-electron chi connectivity index (χ1n) is 33.7. The molecule has 0 spiro atoms. The van der Waals surface area contributed by atoms with Crippen LogP contribution in [0.1, 0.15) is 0 Å². The van der Waals surface area contributed by atoms with E-state index in [0.717, 1.165) is 106 Å². The molecule has 0 fully saturated rings. The molecule has 0 aliphatic heterocycles. The van der Waals surface area contributed by atoms with Gasteiger partial charge in [-0.25, -0.2) is 19.9 Å². The number of hydrogen-bond donors (Lipinski definition) is 0. The van der Waals surface area contributed by atoms with E-state index in [9.17, 15) is 0 Å². The summed E-state index contributed by atoms with van der Waals surface area (Å²) in [7, 11) is 0. The van der Waals surface area contributed by atoms with Crippen LogP contribution >= 0.6 is 0 Å². The summed E-state index contributed by atoms with van der Waals surface area (Å²) in [6.45, 7) is 0. The summed E-state index contributed by atoms with van der Waals surface area (Å²) < 4.78 is 17.8. The average molecular weight is 1280 g/mol. The lowest BCUT2D eigenvalue weighted by atomic mass is 10.0. The maximum Gasteiger partial charge on any atom is 0.180 e. The van der Waals surface area contributed by atoms with E-state index in [4.69, 9.17) is 28.8 Å². The predicted octanol–water partition coefficient (Wildman–Crippen LogP) is 24.3. The van der Waals surface area contributed by atoms with Gasteiger partial charge in [0.05, 0.1) is 22.1 Å². The molecule has 0 N–H and O–H groups in total. The van der Waals surface area contributed by atoms with Crippen LogP contribution in [-0.2, 0) is 0 Å². The maximum atomic E-state index is 6.58. The number of rotatable bonds is 10. The van der Waals surface area contributed by atoms with Gasteiger partial charge in [0.25, 0.3) is 0 Å². The topological polar surface area (TPSA) is 87.7 Å². The highest BCUT2D eigenvalue weighted by molar-refractivity contribution is 6.13. The van der Waals surface area contributed by atoms with Crippen LogP contribution in [0.2, 0.25) is 0 Å². The van der Waals surface area contributed by atoms with Gasteiger partial charge in [0, 0.05) is 65.9 Å². The summed E-state index contributed by atoms with van der Waals surface area (Å²) in [6, 6.07) is 123. The quantitative estimate of drug-likeness (QED) is 0.136. The zero-order valence-corrected chi connectivity index (χ0v) is 54.0. The lowest BCUT2D eigenvalue weighted by molar-refractivity contribution is 0.667. The van der Waals surface area contributed by atoms with Gasteiger partial charge in [-0.3, -0.25) is 0 Å². The van der Waals surface area contributed by atoms with Gasteiger partial charge in [-0.1, -0.05) is 273 Å². The minimum absolute atomic E-state index is 0.668. The number of furan rings is 2. The van der Waals surface area contributed by atoms with Crippen molar-refractivity contribution in [3.05, 3.63) is 352 Å². The molecule has 8 heteroatoms. The summed E-state index contributed by atoms with van der Waals surface area (Å²) in [5.41, 5.74) is 26.2. The van der Waals surface area contributed by atoms with Crippen molar-refractivity contribution in [1.29, 1.82) is 0 Å². The number of nitrogens with zero attached hydrogens (tertiary/aromatic N) is 6. The first-order valence-corrected chi connectivity index (χ1v) is 33.7. The first kappa shape index (κ1) is 57.9. The number of hydrogen-bond acceptors (Lipinski definition) is 6. The summed E-state index contributed by atoms with van der Waals surface area (Å²) in [4.78, 5) is 20.4. The Hall–Kier alpha value is -13.6. The molecule has 0 radical (unpaired) electrons. The normalized spacial score (nSPS) is 11.6. The van der Waals surface area contributed by atoms with Gasteiger partial charge < -0.3 is 18.0 Å². The Morgan fingerprint density at radius 1 is 0.200 bits per heavy atom. The lowest BCUT2D eigenvalue weighted by Gasteiger charge is -2.11. The molecular weight excluding hydrogens is 1220 g/mol. The number of fused-ring (bicyclic) bond motifs is 12. The Morgan fingerprint density at radius 2 is 0.500 bits per heavy atom. The monoisotopic (exact) mass is 1280 g/mol. The van der Waals surface area contributed by atoms with Gasteiger partial charge in [-0.15, -0.1) is 0 Å². The fourth-order valence-electron chi connectivity index (χ4n) is 14.4. The van der Waals surface area contributed by atoms with Crippen molar-refractivity contribution in [3.63, 3.8) is 0 Å². The molecule has 0 saturated heterocycles. The van der Waals surface area contributed by atoms with E-state index in [-0.39, 0.29) is 0 Å². The molecule has 14 aromatic carbocycles. The second-order valence-electron chi connectivity index (χ2n) is 25.2. The number of aromatic nitrogens is 6. The molecule has 20 aromatic rings. The molecule has 0 amide bonds. The summed E-state index contributed by atoms with van der Waals surface area (Å²) >= 11 is 0. The second-order valence-corrected chi connectivity index (χ2v) is 25.2. The third-order valence-electron chi connectivity index (χ3n) is 19.2. The molecule has 20 rings (SSSR count). The van der Waals surface area contributed by atoms with Gasteiger partial charge in [0.15, 0.2) is 22.8 Å². The smallest absolute Gasteiger partial charge is 0.180 e. The van der Waals surface area contributed by atoms with Crippen LogP contribution in [0.3, 0.4) is 0 Å². The van der Waals surface area contributed by atoms with Gasteiger partial charge in [0.1, 0.15) is 33.6 Å². The van der Waals surface area contributed by atoms with Crippen molar-refractivity contribution in [2.45, 2.75) is 0 Å². The van der Waals surface area contributed by atoms with E-state index in [2.05, 4.69) is 288 Å².